The number of hydrogen-bond donors (Lipinski definition) is 3. The molecule has 3 aliphatic carbocycles. The standard InChI is InChI=1S/C25H33N3O2/c1-24-13-11-19-17(7-10-21-25(19,2)14-12-22(29)28-21)18(24)8-9-20(24)23(30)27-16-5-3-15(26)4-6-16/h3-6,10,17-20H,7-9,11-14,26H2,1-2H3,(H,27,30)(H,28,29)/t17-,18-,19+,20?,24-,25+/m0/s1. The van der Waals surface area contributed by atoms with E-state index in [1.165, 1.54) is 5.70 Å². The van der Waals surface area contributed by atoms with Crippen molar-refractivity contribution in [2.24, 2.45) is 34.5 Å². The number of allylic oxidation sites excluding steroid dienone is 2. The van der Waals surface area contributed by atoms with Crippen LogP contribution in [0, 0.1) is 34.5 Å². The zero-order valence-corrected chi connectivity index (χ0v) is 18.0. The number of amides is 2. The largest absolute Gasteiger partial charge is 0.399 e. The summed E-state index contributed by atoms with van der Waals surface area (Å²) in [6, 6.07) is 7.42. The highest BCUT2D eigenvalue weighted by atomic mass is 16.2. The molecule has 2 amide bonds. The van der Waals surface area contributed by atoms with Crippen molar-refractivity contribution in [1.82, 2.24) is 5.32 Å². The fraction of sp³-hybridized carbons (Fsp3) is 0.600. The minimum atomic E-state index is 0.0542. The maximum atomic E-state index is 13.2. The van der Waals surface area contributed by atoms with Crippen molar-refractivity contribution in [2.45, 2.75) is 58.8 Å². The highest BCUT2D eigenvalue weighted by molar-refractivity contribution is 5.93. The van der Waals surface area contributed by atoms with Gasteiger partial charge in [-0.3, -0.25) is 9.59 Å². The lowest BCUT2D eigenvalue weighted by Gasteiger charge is -2.57. The number of rotatable bonds is 2. The summed E-state index contributed by atoms with van der Waals surface area (Å²) in [5.41, 5.74) is 8.61. The van der Waals surface area contributed by atoms with E-state index >= 15 is 0 Å². The molecule has 1 saturated heterocycles. The third-order valence-corrected chi connectivity index (χ3v) is 9.11. The molecule has 1 heterocycles. The average molecular weight is 408 g/mol. The van der Waals surface area contributed by atoms with E-state index in [4.69, 9.17) is 5.73 Å². The van der Waals surface area contributed by atoms with E-state index in [9.17, 15) is 9.59 Å². The first-order valence-corrected chi connectivity index (χ1v) is 11.5. The van der Waals surface area contributed by atoms with Gasteiger partial charge in [-0.15, -0.1) is 0 Å². The van der Waals surface area contributed by atoms with Gasteiger partial charge in [0, 0.05) is 34.8 Å². The van der Waals surface area contributed by atoms with Gasteiger partial charge in [0.15, 0.2) is 0 Å². The maximum absolute atomic E-state index is 13.2. The second kappa shape index (κ2) is 6.86. The second-order valence-electron chi connectivity index (χ2n) is 10.5. The van der Waals surface area contributed by atoms with Gasteiger partial charge in [0.25, 0.3) is 0 Å². The van der Waals surface area contributed by atoms with Crippen molar-refractivity contribution < 1.29 is 9.59 Å². The van der Waals surface area contributed by atoms with Crippen LogP contribution in [0.3, 0.4) is 0 Å². The van der Waals surface area contributed by atoms with Gasteiger partial charge >= 0.3 is 0 Å². The number of anilines is 2. The molecule has 1 aliphatic heterocycles. The number of benzene rings is 1. The molecule has 1 aromatic rings. The molecule has 4 N–H and O–H groups in total. The van der Waals surface area contributed by atoms with Gasteiger partial charge in [-0.2, -0.15) is 0 Å². The Bertz CT molecular complexity index is 907. The molecule has 0 radical (unpaired) electrons. The van der Waals surface area contributed by atoms with Gasteiger partial charge in [0.1, 0.15) is 0 Å². The topological polar surface area (TPSA) is 84.2 Å². The van der Waals surface area contributed by atoms with E-state index in [0.29, 0.717) is 29.9 Å². The van der Waals surface area contributed by atoms with Crippen molar-refractivity contribution in [3.8, 4) is 0 Å². The number of carbonyl (C=O) groups is 2. The first kappa shape index (κ1) is 19.7. The van der Waals surface area contributed by atoms with Crippen LogP contribution in [0.15, 0.2) is 36.0 Å². The molecule has 160 valence electrons. The van der Waals surface area contributed by atoms with E-state index < -0.39 is 0 Å². The molecule has 2 saturated carbocycles. The third kappa shape index (κ3) is 2.89. The number of hydrogen-bond acceptors (Lipinski definition) is 3. The summed E-state index contributed by atoms with van der Waals surface area (Å²) in [5, 5.41) is 6.31. The monoisotopic (exact) mass is 407 g/mol. The minimum Gasteiger partial charge on any atom is -0.399 e. The fourth-order valence-electron chi connectivity index (χ4n) is 7.42. The number of fused-ring (bicyclic) bond motifs is 5. The molecule has 6 atom stereocenters. The Morgan fingerprint density at radius 2 is 1.87 bits per heavy atom. The summed E-state index contributed by atoms with van der Waals surface area (Å²) in [4.78, 5) is 25.2. The molecule has 5 nitrogen and oxygen atoms in total. The highest BCUT2D eigenvalue weighted by Crippen LogP contribution is 2.65. The molecule has 0 spiro atoms. The van der Waals surface area contributed by atoms with Crippen LogP contribution >= 0.6 is 0 Å². The predicted molar refractivity (Wildman–Crippen MR) is 118 cm³/mol. The molecule has 4 aliphatic rings. The SMILES string of the molecule is C[C@]12CCC(=O)NC1=CC[C@@H]1[C@H]2CC[C@]2(C)C(C(=O)Nc3ccc(N)cc3)CC[C@@H]12. The first-order chi connectivity index (χ1) is 14.3. The van der Waals surface area contributed by atoms with Crippen LogP contribution in [0.1, 0.15) is 58.8 Å². The van der Waals surface area contributed by atoms with Gasteiger partial charge in [-0.05, 0) is 86.0 Å². The first-order valence-electron chi connectivity index (χ1n) is 11.5. The van der Waals surface area contributed by atoms with Gasteiger partial charge in [0.05, 0.1) is 0 Å². The number of nitrogens with one attached hydrogen (secondary N) is 2. The summed E-state index contributed by atoms with van der Waals surface area (Å²) in [6.07, 6.45) is 9.25. The molecule has 5 rings (SSSR count). The van der Waals surface area contributed by atoms with Crippen LogP contribution < -0.4 is 16.4 Å². The lowest BCUT2D eigenvalue weighted by Crippen LogP contribution is -2.53. The molecular weight excluding hydrogens is 374 g/mol. The average Bonchev–Trinajstić information content (AvgIpc) is 3.07. The summed E-state index contributed by atoms with van der Waals surface area (Å²) in [6.45, 7) is 4.72. The maximum Gasteiger partial charge on any atom is 0.228 e. The number of piperidine rings is 1. The lowest BCUT2D eigenvalue weighted by molar-refractivity contribution is -0.129. The third-order valence-electron chi connectivity index (χ3n) is 9.11. The number of carbonyl (C=O) groups excluding carboxylic acids is 2. The Hall–Kier alpha value is -2.30. The highest BCUT2D eigenvalue weighted by Gasteiger charge is 2.60. The minimum absolute atomic E-state index is 0.0542. The van der Waals surface area contributed by atoms with Crippen LogP contribution in [0.25, 0.3) is 0 Å². The van der Waals surface area contributed by atoms with Crippen LogP contribution in [-0.2, 0) is 9.59 Å². The Balaban J connectivity index is 1.37. The zero-order chi connectivity index (χ0) is 21.1. The smallest absolute Gasteiger partial charge is 0.228 e. The predicted octanol–water partition coefficient (Wildman–Crippen LogP) is 4.47. The molecule has 5 heteroatoms. The van der Waals surface area contributed by atoms with Crippen molar-refractivity contribution >= 4 is 23.2 Å². The molecule has 0 aromatic heterocycles. The Morgan fingerprint density at radius 3 is 2.63 bits per heavy atom. The van der Waals surface area contributed by atoms with Crippen LogP contribution in [0.5, 0.6) is 0 Å². The number of nitrogen functional groups attached to an aromatic ring is 1. The Morgan fingerprint density at radius 1 is 1.10 bits per heavy atom. The van der Waals surface area contributed by atoms with Crippen molar-refractivity contribution in [2.75, 3.05) is 11.1 Å². The summed E-state index contributed by atoms with van der Waals surface area (Å²) in [7, 11) is 0. The van der Waals surface area contributed by atoms with E-state index in [2.05, 4.69) is 30.6 Å². The van der Waals surface area contributed by atoms with Gasteiger partial charge in [-0.1, -0.05) is 19.9 Å². The molecule has 1 unspecified atom stereocenters. The summed E-state index contributed by atoms with van der Waals surface area (Å²) >= 11 is 0. The second-order valence-corrected chi connectivity index (χ2v) is 10.5. The fourth-order valence-corrected chi connectivity index (χ4v) is 7.42. The van der Waals surface area contributed by atoms with E-state index in [1.807, 2.05) is 24.3 Å². The summed E-state index contributed by atoms with van der Waals surface area (Å²) < 4.78 is 0. The molecule has 3 fully saturated rings. The molecule has 0 bridgehead atoms. The van der Waals surface area contributed by atoms with E-state index in [1.54, 1.807) is 0 Å². The Kier molecular flexibility index (Phi) is 4.49. The summed E-state index contributed by atoms with van der Waals surface area (Å²) in [5.74, 6) is 2.18. The van der Waals surface area contributed by atoms with Gasteiger partial charge < -0.3 is 16.4 Å². The Labute approximate surface area is 178 Å². The van der Waals surface area contributed by atoms with Crippen molar-refractivity contribution in [3.63, 3.8) is 0 Å². The van der Waals surface area contributed by atoms with E-state index in [-0.39, 0.29) is 28.6 Å². The van der Waals surface area contributed by atoms with Crippen LogP contribution in [0.4, 0.5) is 11.4 Å². The quantitative estimate of drug-likeness (QED) is 0.633. The van der Waals surface area contributed by atoms with Crippen LogP contribution in [-0.4, -0.2) is 11.8 Å². The van der Waals surface area contributed by atoms with Crippen LogP contribution in [0.2, 0.25) is 0 Å². The van der Waals surface area contributed by atoms with Gasteiger partial charge in [-0.25, -0.2) is 0 Å². The van der Waals surface area contributed by atoms with Crippen molar-refractivity contribution in [1.29, 1.82) is 0 Å². The molecule has 1 aromatic carbocycles. The van der Waals surface area contributed by atoms with Crippen molar-refractivity contribution in [3.05, 3.63) is 36.0 Å². The number of nitrogens with two attached hydrogens (primary N) is 1. The zero-order valence-electron chi connectivity index (χ0n) is 18.0. The normalized spacial score (nSPS) is 39.8. The van der Waals surface area contributed by atoms with E-state index in [0.717, 1.165) is 44.2 Å². The lowest BCUT2D eigenvalue weighted by atomic mass is 9.49. The molecular formula is C25H33N3O2. The molecule has 30 heavy (non-hydrogen) atoms. The van der Waals surface area contributed by atoms with Gasteiger partial charge in [0.2, 0.25) is 11.8 Å².